The Balaban J connectivity index is 1.91. The van der Waals surface area contributed by atoms with E-state index < -0.39 is 12.0 Å². The molecule has 2 heterocycles. The summed E-state index contributed by atoms with van der Waals surface area (Å²) in [6, 6.07) is 5.06. The fraction of sp³-hybridized carbons (Fsp3) is 0.350. The van der Waals surface area contributed by atoms with Crippen LogP contribution in [0.4, 0.5) is 5.82 Å². The fourth-order valence-electron chi connectivity index (χ4n) is 3.85. The maximum Gasteiger partial charge on any atom is 0.343 e. The summed E-state index contributed by atoms with van der Waals surface area (Å²) in [6.45, 7) is 0. The molecule has 0 saturated carbocycles. The van der Waals surface area contributed by atoms with Crippen LogP contribution < -0.4 is 14.8 Å². The zero-order chi connectivity index (χ0) is 19.8. The molecular formula is C20H21N3O5. The van der Waals surface area contributed by atoms with Crippen LogP contribution in [0.3, 0.4) is 0 Å². The van der Waals surface area contributed by atoms with Crippen molar-refractivity contribution in [2.75, 3.05) is 26.6 Å². The number of hydrogen-bond acceptors (Lipinski definition) is 7. The van der Waals surface area contributed by atoms with Gasteiger partial charge in [-0.1, -0.05) is 6.07 Å². The molecule has 1 N–H and O–H groups in total. The smallest absolute Gasteiger partial charge is 0.343 e. The van der Waals surface area contributed by atoms with Gasteiger partial charge in [0, 0.05) is 17.7 Å². The van der Waals surface area contributed by atoms with E-state index in [-0.39, 0.29) is 5.78 Å². The largest absolute Gasteiger partial charge is 0.493 e. The molecule has 0 saturated heterocycles. The number of hydrogen-bond donors (Lipinski definition) is 1. The van der Waals surface area contributed by atoms with Crippen molar-refractivity contribution >= 4 is 17.6 Å². The lowest BCUT2D eigenvalue weighted by molar-refractivity contribution is -0.116. The third-order valence-corrected chi connectivity index (χ3v) is 5.17. The van der Waals surface area contributed by atoms with E-state index in [4.69, 9.17) is 14.2 Å². The van der Waals surface area contributed by atoms with Crippen LogP contribution in [0.25, 0.3) is 0 Å². The second-order valence-corrected chi connectivity index (χ2v) is 6.65. The molecule has 0 spiro atoms. The van der Waals surface area contributed by atoms with Gasteiger partial charge in [0.15, 0.2) is 17.3 Å². The summed E-state index contributed by atoms with van der Waals surface area (Å²) < 4.78 is 17.3. The molecule has 8 nitrogen and oxygen atoms in total. The van der Waals surface area contributed by atoms with Gasteiger partial charge in [0.25, 0.3) is 0 Å². The van der Waals surface area contributed by atoms with Crippen LogP contribution in [0.2, 0.25) is 0 Å². The number of carbonyl (C=O) groups excluding carboxylic acids is 2. The van der Waals surface area contributed by atoms with Crippen LogP contribution in [0.1, 0.15) is 41.2 Å². The molecule has 28 heavy (non-hydrogen) atoms. The predicted molar refractivity (Wildman–Crippen MR) is 101 cm³/mol. The Morgan fingerprint density at radius 2 is 1.96 bits per heavy atom. The minimum Gasteiger partial charge on any atom is -0.493 e. The van der Waals surface area contributed by atoms with Crippen LogP contribution >= 0.6 is 0 Å². The Kier molecular flexibility index (Phi) is 4.54. The number of nitrogens with one attached hydrogen (secondary N) is 1. The summed E-state index contributed by atoms with van der Waals surface area (Å²) in [5, 5.41) is 7.65. The maximum absolute atomic E-state index is 12.8. The number of benzene rings is 1. The highest BCUT2D eigenvalue weighted by Crippen LogP contribution is 2.43. The molecule has 1 aromatic heterocycles. The number of anilines is 1. The Morgan fingerprint density at radius 1 is 1.18 bits per heavy atom. The van der Waals surface area contributed by atoms with Crippen molar-refractivity contribution < 1.29 is 23.8 Å². The number of fused-ring (bicyclic) bond motifs is 1. The van der Waals surface area contributed by atoms with Crippen LogP contribution in [-0.4, -0.2) is 42.9 Å². The zero-order valence-electron chi connectivity index (χ0n) is 15.9. The van der Waals surface area contributed by atoms with Crippen molar-refractivity contribution in [2.24, 2.45) is 0 Å². The number of aromatic nitrogens is 2. The van der Waals surface area contributed by atoms with Crippen LogP contribution in [0, 0.1) is 0 Å². The number of rotatable bonds is 4. The van der Waals surface area contributed by atoms with Gasteiger partial charge in [-0.15, -0.1) is 0 Å². The molecule has 1 aromatic carbocycles. The molecule has 2 aromatic rings. The van der Waals surface area contributed by atoms with Crippen molar-refractivity contribution in [3.8, 4) is 11.5 Å². The van der Waals surface area contributed by atoms with Gasteiger partial charge in [0.05, 0.1) is 27.5 Å². The second kappa shape index (κ2) is 7.03. The molecular weight excluding hydrogens is 362 g/mol. The van der Waals surface area contributed by atoms with Crippen LogP contribution in [-0.2, 0) is 9.53 Å². The topological polar surface area (TPSA) is 91.7 Å². The van der Waals surface area contributed by atoms with Gasteiger partial charge in [-0.25, -0.2) is 9.48 Å². The molecule has 4 rings (SSSR count). The summed E-state index contributed by atoms with van der Waals surface area (Å²) in [4.78, 5) is 25.0. The predicted octanol–water partition coefficient (Wildman–Crippen LogP) is 2.71. The summed E-state index contributed by atoms with van der Waals surface area (Å²) in [6.07, 6.45) is 3.46. The van der Waals surface area contributed by atoms with E-state index >= 15 is 0 Å². The summed E-state index contributed by atoms with van der Waals surface area (Å²) >= 11 is 0. The average molecular weight is 383 g/mol. The minimum atomic E-state index is -0.481. The minimum absolute atomic E-state index is 0.0781. The van der Waals surface area contributed by atoms with Crippen molar-refractivity contribution in [3.63, 3.8) is 0 Å². The molecule has 1 aliphatic carbocycles. The Labute approximate surface area is 162 Å². The normalized spacial score (nSPS) is 18.1. The van der Waals surface area contributed by atoms with Crippen molar-refractivity contribution in [1.82, 2.24) is 9.78 Å². The molecule has 1 atom stereocenters. The lowest BCUT2D eigenvalue weighted by Gasteiger charge is -2.33. The Hall–Kier alpha value is -3.29. The van der Waals surface area contributed by atoms with Gasteiger partial charge < -0.3 is 19.5 Å². The highest BCUT2D eigenvalue weighted by atomic mass is 16.5. The van der Waals surface area contributed by atoms with E-state index in [9.17, 15) is 9.59 Å². The highest BCUT2D eigenvalue weighted by molar-refractivity contribution is 6.01. The molecule has 0 amide bonds. The standard InChI is InChI=1S/C20H21N3O5/c1-26-15-8-7-11(9-16(15)27-2)18-17-13(5-4-6-14(17)24)22-19-12(20(25)28-3)10-21-23(18)19/h7-10,18,22H,4-6H2,1-3H3. The zero-order valence-corrected chi connectivity index (χ0v) is 15.9. The molecule has 0 fully saturated rings. The van der Waals surface area contributed by atoms with Crippen molar-refractivity contribution in [1.29, 1.82) is 0 Å². The number of allylic oxidation sites excluding steroid dienone is 2. The third kappa shape index (κ3) is 2.72. The first kappa shape index (κ1) is 18.1. The number of carbonyl (C=O) groups is 2. The second-order valence-electron chi connectivity index (χ2n) is 6.65. The van der Waals surface area contributed by atoms with E-state index in [1.807, 2.05) is 12.1 Å². The van der Waals surface area contributed by atoms with Gasteiger partial charge in [0.2, 0.25) is 0 Å². The Morgan fingerprint density at radius 3 is 2.68 bits per heavy atom. The summed E-state index contributed by atoms with van der Waals surface area (Å²) in [7, 11) is 4.46. The van der Waals surface area contributed by atoms with E-state index in [2.05, 4.69) is 10.4 Å². The summed E-state index contributed by atoms with van der Waals surface area (Å²) in [5.74, 6) is 1.28. The van der Waals surface area contributed by atoms with Crippen LogP contribution in [0.15, 0.2) is 35.7 Å². The monoisotopic (exact) mass is 383 g/mol. The number of Topliss-reactive ketones (excluding diaryl/α,β-unsaturated/α-hetero) is 1. The number of nitrogens with zero attached hydrogens (tertiary/aromatic N) is 2. The van der Waals surface area contributed by atoms with Gasteiger partial charge in [-0.2, -0.15) is 5.10 Å². The number of ether oxygens (including phenoxy) is 3. The quantitative estimate of drug-likeness (QED) is 0.812. The molecule has 1 unspecified atom stereocenters. The maximum atomic E-state index is 12.8. The molecule has 2 aliphatic rings. The SMILES string of the molecule is COC(=O)c1cnn2c1NC1=C(C(=O)CCC1)C2c1ccc(OC)c(OC)c1. The van der Waals surface area contributed by atoms with E-state index in [1.54, 1.807) is 25.0 Å². The molecule has 8 heteroatoms. The highest BCUT2D eigenvalue weighted by Gasteiger charge is 2.38. The number of ketones is 1. The molecule has 0 radical (unpaired) electrons. The molecule has 146 valence electrons. The van der Waals surface area contributed by atoms with E-state index in [0.29, 0.717) is 34.9 Å². The first-order valence-electron chi connectivity index (χ1n) is 9.00. The van der Waals surface area contributed by atoms with Crippen LogP contribution in [0.5, 0.6) is 11.5 Å². The average Bonchev–Trinajstić information content (AvgIpc) is 3.14. The molecule has 0 bridgehead atoms. The third-order valence-electron chi connectivity index (χ3n) is 5.17. The fourth-order valence-corrected chi connectivity index (χ4v) is 3.85. The van der Waals surface area contributed by atoms with Gasteiger partial charge >= 0.3 is 5.97 Å². The van der Waals surface area contributed by atoms with Gasteiger partial charge in [-0.3, -0.25) is 4.79 Å². The first-order valence-corrected chi connectivity index (χ1v) is 9.00. The van der Waals surface area contributed by atoms with Gasteiger partial charge in [-0.05, 0) is 30.5 Å². The number of methoxy groups -OCH3 is 3. The lowest BCUT2D eigenvalue weighted by Crippen LogP contribution is -2.31. The van der Waals surface area contributed by atoms with E-state index in [1.165, 1.54) is 13.3 Å². The van der Waals surface area contributed by atoms with Gasteiger partial charge in [0.1, 0.15) is 17.4 Å². The van der Waals surface area contributed by atoms with Crippen molar-refractivity contribution in [3.05, 3.63) is 46.8 Å². The van der Waals surface area contributed by atoms with E-state index in [0.717, 1.165) is 24.1 Å². The number of esters is 1. The molecule has 1 aliphatic heterocycles. The lowest BCUT2D eigenvalue weighted by atomic mass is 9.85. The van der Waals surface area contributed by atoms with Crippen molar-refractivity contribution in [2.45, 2.75) is 25.3 Å². The summed E-state index contributed by atoms with van der Waals surface area (Å²) in [5.41, 5.74) is 2.65. The Bertz CT molecular complexity index is 992. The first-order chi connectivity index (χ1) is 13.6.